The van der Waals surface area contributed by atoms with Crippen molar-refractivity contribution in [3.8, 4) is 0 Å². The summed E-state index contributed by atoms with van der Waals surface area (Å²) in [6.45, 7) is 8.69. The van der Waals surface area contributed by atoms with Crippen molar-refractivity contribution in [1.82, 2.24) is 10.2 Å². The Kier molecular flexibility index (Phi) is 3.33. The molecule has 3 nitrogen and oxygen atoms in total. The Morgan fingerprint density at radius 2 is 2.27 bits per heavy atom. The van der Waals surface area contributed by atoms with Gasteiger partial charge in [0.05, 0.1) is 12.7 Å². The molecule has 0 aromatic rings. The Labute approximate surface area is 93.2 Å². The highest BCUT2D eigenvalue weighted by Gasteiger charge is 2.44. The number of ether oxygens (including phenoxy) is 1. The Morgan fingerprint density at radius 1 is 1.53 bits per heavy atom. The fourth-order valence-electron chi connectivity index (χ4n) is 2.36. The minimum absolute atomic E-state index is 0.383. The van der Waals surface area contributed by atoms with E-state index in [9.17, 15) is 0 Å². The maximum atomic E-state index is 5.73. The van der Waals surface area contributed by atoms with Crippen LogP contribution in [0.5, 0.6) is 0 Å². The molecule has 0 aromatic carbocycles. The van der Waals surface area contributed by atoms with Gasteiger partial charge in [-0.3, -0.25) is 0 Å². The van der Waals surface area contributed by atoms with Crippen molar-refractivity contribution in [3.05, 3.63) is 0 Å². The number of nitrogens with zero attached hydrogens (tertiary/aromatic N) is 1. The molecule has 1 aliphatic heterocycles. The monoisotopic (exact) mass is 212 g/mol. The van der Waals surface area contributed by atoms with Crippen LogP contribution in [0.4, 0.5) is 0 Å². The normalized spacial score (nSPS) is 31.6. The first kappa shape index (κ1) is 11.4. The van der Waals surface area contributed by atoms with Gasteiger partial charge in [-0.1, -0.05) is 6.92 Å². The van der Waals surface area contributed by atoms with Gasteiger partial charge in [0, 0.05) is 25.7 Å². The third-order valence-corrected chi connectivity index (χ3v) is 4.20. The van der Waals surface area contributed by atoms with E-state index in [1.54, 1.807) is 0 Å². The Hall–Kier alpha value is -0.120. The lowest BCUT2D eigenvalue weighted by molar-refractivity contribution is -0.00134. The maximum absolute atomic E-state index is 5.73. The van der Waals surface area contributed by atoms with E-state index in [0.717, 1.165) is 26.2 Å². The van der Waals surface area contributed by atoms with Crippen LogP contribution in [-0.2, 0) is 4.74 Å². The molecule has 15 heavy (non-hydrogen) atoms. The van der Waals surface area contributed by atoms with Crippen molar-refractivity contribution in [3.63, 3.8) is 0 Å². The lowest BCUT2D eigenvalue weighted by atomic mass is 9.99. The molecule has 1 aliphatic carbocycles. The first-order valence-corrected chi connectivity index (χ1v) is 6.14. The summed E-state index contributed by atoms with van der Waals surface area (Å²) in [6, 6.07) is 0.683. The van der Waals surface area contributed by atoms with Gasteiger partial charge in [-0.2, -0.15) is 0 Å². The maximum Gasteiger partial charge on any atom is 0.0826 e. The molecule has 2 aliphatic rings. The summed E-state index contributed by atoms with van der Waals surface area (Å²) in [5, 5.41) is 3.38. The molecule has 1 saturated carbocycles. The minimum atomic E-state index is 0.383. The fraction of sp³-hybridized carbons (Fsp3) is 1.00. The zero-order valence-electron chi connectivity index (χ0n) is 10.3. The first-order valence-electron chi connectivity index (χ1n) is 6.14. The Bertz CT molecular complexity index is 210. The number of likely N-dealkylation sites (N-methyl/N-ethyl adjacent to an activating group) is 1. The number of rotatable bonds is 4. The van der Waals surface area contributed by atoms with Gasteiger partial charge in [-0.15, -0.1) is 0 Å². The van der Waals surface area contributed by atoms with Crippen LogP contribution in [-0.4, -0.2) is 50.3 Å². The molecule has 2 fully saturated rings. The molecule has 88 valence electrons. The molecule has 2 rings (SSSR count). The molecule has 1 saturated heterocycles. The van der Waals surface area contributed by atoms with E-state index in [0.29, 0.717) is 17.6 Å². The second-order valence-corrected chi connectivity index (χ2v) is 5.47. The van der Waals surface area contributed by atoms with Gasteiger partial charge in [-0.05, 0) is 32.2 Å². The van der Waals surface area contributed by atoms with E-state index in [4.69, 9.17) is 4.74 Å². The fourth-order valence-corrected chi connectivity index (χ4v) is 2.36. The van der Waals surface area contributed by atoms with E-state index < -0.39 is 0 Å². The molecule has 2 atom stereocenters. The zero-order chi connectivity index (χ0) is 10.9. The van der Waals surface area contributed by atoms with E-state index in [1.165, 1.54) is 12.8 Å². The highest BCUT2D eigenvalue weighted by atomic mass is 16.5. The second-order valence-electron chi connectivity index (χ2n) is 5.47. The predicted octanol–water partition coefficient (Wildman–Crippen LogP) is 1.10. The number of hydrogen-bond acceptors (Lipinski definition) is 3. The quantitative estimate of drug-likeness (QED) is 0.755. The SMILES string of the molecule is CC(N(C)CC1CNCCO1)C1(C)CC1. The third kappa shape index (κ3) is 2.71. The van der Waals surface area contributed by atoms with Gasteiger partial charge in [0.15, 0.2) is 0 Å². The largest absolute Gasteiger partial charge is 0.374 e. The molecular weight excluding hydrogens is 188 g/mol. The highest BCUT2D eigenvalue weighted by molar-refractivity contribution is 4.97. The van der Waals surface area contributed by atoms with Crippen LogP contribution in [0.1, 0.15) is 26.7 Å². The van der Waals surface area contributed by atoms with Crippen molar-refractivity contribution < 1.29 is 4.74 Å². The van der Waals surface area contributed by atoms with E-state index in [2.05, 4.69) is 31.1 Å². The summed E-state index contributed by atoms with van der Waals surface area (Å²) >= 11 is 0. The third-order valence-electron chi connectivity index (χ3n) is 4.20. The molecule has 0 spiro atoms. The zero-order valence-corrected chi connectivity index (χ0v) is 10.3. The molecule has 1 heterocycles. The van der Waals surface area contributed by atoms with Crippen LogP contribution < -0.4 is 5.32 Å². The molecule has 0 radical (unpaired) electrons. The summed E-state index contributed by atoms with van der Waals surface area (Å²) in [4.78, 5) is 2.46. The van der Waals surface area contributed by atoms with Crippen molar-refractivity contribution >= 4 is 0 Å². The van der Waals surface area contributed by atoms with Gasteiger partial charge in [0.1, 0.15) is 0 Å². The molecule has 3 heteroatoms. The van der Waals surface area contributed by atoms with Gasteiger partial charge in [0.2, 0.25) is 0 Å². The van der Waals surface area contributed by atoms with Gasteiger partial charge in [0.25, 0.3) is 0 Å². The van der Waals surface area contributed by atoms with Crippen LogP contribution in [0.3, 0.4) is 0 Å². The van der Waals surface area contributed by atoms with Crippen LogP contribution in [0, 0.1) is 5.41 Å². The minimum Gasteiger partial charge on any atom is -0.374 e. The molecule has 2 unspecified atom stereocenters. The average Bonchev–Trinajstić information content (AvgIpc) is 2.98. The lowest BCUT2D eigenvalue weighted by Gasteiger charge is -2.34. The summed E-state index contributed by atoms with van der Waals surface area (Å²) < 4.78 is 5.73. The van der Waals surface area contributed by atoms with Crippen LogP contribution in [0.2, 0.25) is 0 Å². The Balaban J connectivity index is 1.77. The van der Waals surface area contributed by atoms with Gasteiger partial charge >= 0.3 is 0 Å². The van der Waals surface area contributed by atoms with Crippen LogP contribution in [0.15, 0.2) is 0 Å². The second kappa shape index (κ2) is 4.40. The summed E-state index contributed by atoms with van der Waals surface area (Å²) in [5.41, 5.74) is 0.580. The van der Waals surface area contributed by atoms with E-state index >= 15 is 0 Å². The lowest BCUT2D eigenvalue weighted by Crippen LogP contribution is -2.47. The van der Waals surface area contributed by atoms with Gasteiger partial charge < -0.3 is 15.0 Å². The predicted molar refractivity (Wildman–Crippen MR) is 62.0 cm³/mol. The molecule has 0 amide bonds. The van der Waals surface area contributed by atoms with Crippen LogP contribution in [0.25, 0.3) is 0 Å². The van der Waals surface area contributed by atoms with Crippen molar-refractivity contribution in [2.75, 3.05) is 33.3 Å². The smallest absolute Gasteiger partial charge is 0.0826 e. The molecule has 1 N–H and O–H groups in total. The standard InChI is InChI=1S/C12H24N2O/c1-10(12(2)4-5-12)14(3)9-11-8-13-6-7-15-11/h10-11,13H,4-9H2,1-3H3. The number of nitrogens with one attached hydrogen (secondary N) is 1. The van der Waals surface area contributed by atoms with E-state index in [1.807, 2.05) is 0 Å². The Morgan fingerprint density at radius 3 is 2.80 bits per heavy atom. The topological polar surface area (TPSA) is 24.5 Å². The van der Waals surface area contributed by atoms with Crippen molar-refractivity contribution in [1.29, 1.82) is 0 Å². The van der Waals surface area contributed by atoms with Crippen molar-refractivity contribution in [2.24, 2.45) is 5.41 Å². The first-order chi connectivity index (χ1) is 7.12. The summed E-state index contributed by atoms with van der Waals surface area (Å²) in [5.74, 6) is 0. The molecular formula is C12H24N2O. The molecule has 0 bridgehead atoms. The molecule has 0 aromatic heterocycles. The van der Waals surface area contributed by atoms with E-state index in [-0.39, 0.29) is 0 Å². The summed E-state index contributed by atoms with van der Waals surface area (Å²) in [6.07, 6.45) is 3.17. The number of hydrogen-bond donors (Lipinski definition) is 1. The number of morpholine rings is 1. The average molecular weight is 212 g/mol. The highest BCUT2D eigenvalue weighted by Crippen LogP contribution is 2.49. The van der Waals surface area contributed by atoms with Crippen LogP contribution >= 0.6 is 0 Å². The van der Waals surface area contributed by atoms with Gasteiger partial charge in [-0.25, -0.2) is 0 Å². The summed E-state index contributed by atoms with van der Waals surface area (Å²) in [7, 11) is 2.23. The van der Waals surface area contributed by atoms with Crippen molar-refractivity contribution in [2.45, 2.75) is 38.8 Å².